The van der Waals surface area contributed by atoms with Crippen molar-refractivity contribution >= 4 is 17.5 Å². The first kappa shape index (κ1) is 44.3. The van der Waals surface area contributed by atoms with Crippen molar-refractivity contribution in [3.05, 3.63) is 47.5 Å². The fraction of sp³-hybridized carbons (Fsp3) is 0.689. The molecule has 0 unspecified atom stereocenters. The molecule has 0 radical (unpaired) electrons. The molecule has 7 rings (SSSR count). The minimum atomic E-state index is -0.917. The molecule has 3 aliphatic carbocycles. The third kappa shape index (κ3) is 9.51. The van der Waals surface area contributed by atoms with Gasteiger partial charge in [0.1, 0.15) is 17.9 Å². The molecule has 2 aliphatic heterocycles. The van der Waals surface area contributed by atoms with Gasteiger partial charge in [-0.15, -0.1) is 0 Å². The first-order valence-corrected chi connectivity index (χ1v) is 21.4. The van der Waals surface area contributed by atoms with E-state index >= 15 is 0 Å². The van der Waals surface area contributed by atoms with Crippen LogP contribution in [0.5, 0.6) is 5.75 Å². The van der Waals surface area contributed by atoms with Crippen molar-refractivity contribution in [2.24, 2.45) is 35.0 Å². The summed E-state index contributed by atoms with van der Waals surface area (Å²) in [4.78, 5) is 39.1. The van der Waals surface area contributed by atoms with Crippen LogP contribution in [0.3, 0.4) is 0 Å². The van der Waals surface area contributed by atoms with E-state index < -0.39 is 24.2 Å². The zero-order valence-electron chi connectivity index (χ0n) is 35.9. The lowest BCUT2D eigenvalue weighted by molar-refractivity contribution is -0.183. The van der Waals surface area contributed by atoms with Gasteiger partial charge < -0.3 is 40.3 Å². The van der Waals surface area contributed by atoms with E-state index in [1.165, 1.54) is 6.42 Å². The van der Waals surface area contributed by atoms with Gasteiger partial charge in [-0.1, -0.05) is 52.8 Å². The number of nitrogens with zero attached hydrogens (tertiary/aromatic N) is 3. The Balaban J connectivity index is 1.29. The van der Waals surface area contributed by atoms with Crippen LogP contribution in [0, 0.1) is 35.0 Å². The number of hydrogen-bond acceptors (Lipinski definition) is 11. The molecule has 5 N–H and O–H groups in total. The lowest BCUT2D eigenvalue weighted by Gasteiger charge is -2.62. The molecule has 5 aliphatic rings. The molecular formula is C45H69N5O8. The van der Waals surface area contributed by atoms with Gasteiger partial charge in [-0.2, -0.15) is 5.06 Å². The second-order valence-corrected chi connectivity index (χ2v) is 18.4. The number of benzene rings is 2. The number of hydroxylamine groups is 2. The molecule has 13 nitrogen and oxygen atoms in total. The van der Waals surface area contributed by atoms with Crippen molar-refractivity contribution in [3.8, 4) is 16.9 Å². The quantitative estimate of drug-likeness (QED) is 0.158. The molecule has 0 spiro atoms. The largest absolute Gasteiger partial charge is 0.496 e. The number of ether oxygens (including phenoxy) is 2. The Morgan fingerprint density at radius 2 is 1.83 bits per heavy atom. The molecule has 2 saturated heterocycles. The third-order valence-electron chi connectivity index (χ3n) is 13.7. The summed E-state index contributed by atoms with van der Waals surface area (Å²) in [5, 5.41) is 39.5. The minimum absolute atomic E-state index is 0.0227. The molecule has 2 aromatic rings. The van der Waals surface area contributed by atoms with Crippen LogP contribution >= 0.6 is 0 Å². The van der Waals surface area contributed by atoms with Gasteiger partial charge in [-0.25, -0.2) is 0 Å². The van der Waals surface area contributed by atoms with E-state index in [0.717, 1.165) is 54.9 Å². The van der Waals surface area contributed by atoms with E-state index in [4.69, 9.17) is 14.3 Å². The van der Waals surface area contributed by atoms with Gasteiger partial charge in [0.05, 0.1) is 46.2 Å². The number of para-hydroxylation sites is 1. The molecule has 58 heavy (non-hydrogen) atoms. The van der Waals surface area contributed by atoms with Crippen molar-refractivity contribution in [1.29, 1.82) is 0 Å². The second kappa shape index (κ2) is 19.0. The van der Waals surface area contributed by atoms with E-state index in [9.17, 15) is 24.9 Å². The number of hydrogen-bond donors (Lipinski definition) is 5. The van der Waals surface area contributed by atoms with Crippen molar-refractivity contribution < 1.29 is 39.2 Å². The highest BCUT2D eigenvalue weighted by atomic mass is 16.7. The molecule has 2 aromatic carbocycles. The van der Waals surface area contributed by atoms with Crippen molar-refractivity contribution in [3.63, 3.8) is 0 Å². The van der Waals surface area contributed by atoms with E-state index in [-0.39, 0.29) is 49.1 Å². The van der Waals surface area contributed by atoms with Crippen molar-refractivity contribution in [2.75, 3.05) is 71.7 Å². The third-order valence-corrected chi connectivity index (χ3v) is 13.7. The van der Waals surface area contributed by atoms with Crippen LogP contribution in [0.25, 0.3) is 11.1 Å². The van der Waals surface area contributed by atoms with Crippen LogP contribution in [-0.2, 0) is 20.9 Å². The number of fused-ring (bicyclic) bond motifs is 2. The van der Waals surface area contributed by atoms with Gasteiger partial charge in [0.25, 0.3) is 5.91 Å². The number of carbonyl (C=O) groups excluding carboxylic acids is 2. The summed E-state index contributed by atoms with van der Waals surface area (Å²) in [5.74, 6) is 1.30. The van der Waals surface area contributed by atoms with Gasteiger partial charge in [-0.05, 0) is 79.0 Å². The summed E-state index contributed by atoms with van der Waals surface area (Å²) < 4.78 is 11.7. The van der Waals surface area contributed by atoms with Gasteiger partial charge in [0.2, 0.25) is 5.91 Å². The standard InChI is InChI=1S/C45H69N5O8/c1-27(2)18-34(25-49-13-16-57-17-14-49)46-43(54)32-19-31(20-35(21-32)48(7)12-15-51)36-11-9-10-30(42(36)56-8)24-50-41(40(29(4)53)39(26-52)58-50)44(55)47-38-23-33-22-37(28(38)3)45(33,5)6/h9-11,19-21,27-29,33-34,37-41,51-53H,12-18,22-26H2,1-8H3,(H,46,54)(H,47,55)/t28-,29-,33-,34-,37-,38-,39-,40+,41-/m0/s1. The number of rotatable bonds is 17. The van der Waals surface area contributed by atoms with E-state index in [2.05, 4.69) is 50.2 Å². The number of nitrogens with one attached hydrogen (secondary N) is 2. The smallest absolute Gasteiger partial charge is 0.251 e. The van der Waals surface area contributed by atoms with Gasteiger partial charge in [-0.3, -0.25) is 19.3 Å². The van der Waals surface area contributed by atoms with Gasteiger partial charge >= 0.3 is 0 Å². The molecule has 13 heteroatoms. The molecule has 2 bridgehead atoms. The summed E-state index contributed by atoms with van der Waals surface area (Å²) >= 11 is 0. The van der Waals surface area contributed by atoms with E-state index in [0.29, 0.717) is 54.7 Å². The first-order chi connectivity index (χ1) is 27.7. The molecule has 322 valence electrons. The van der Waals surface area contributed by atoms with E-state index in [1.54, 1.807) is 19.1 Å². The summed E-state index contributed by atoms with van der Waals surface area (Å²) in [6.45, 7) is 16.8. The van der Waals surface area contributed by atoms with Crippen LogP contribution in [0.1, 0.15) is 76.7 Å². The summed E-state index contributed by atoms with van der Waals surface area (Å²) in [7, 11) is 3.48. The molecule has 9 atom stereocenters. The first-order valence-electron chi connectivity index (χ1n) is 21.4. The average Bonchev–Trinajstić information content (AvgIpc) is 3.57. The fourth-order valence-corrected chi connectivity index (χ4v) is 10.3. The van der Waals surface area contributed by atoms with Gasteiger partial charge in [0, 0.05) is 73.6 Å². The average molecular weight is 808 g/mol. The highest BCUT2D eigenvalue weighted by Crippen LogP contribution is 2.61. The number of morpholine rings is 1. The molecule has 5 fully saturated rings. The number of amides is 2. The predicted molar refractivity (Wildman–Crippen MR) is 224 cm³/mol. The fourth-order valence-electron chi connectivity index (χ4n) is 10.3. The maximum atomic E-state index is 14.3. The van der Waals surface area contributed by atoms with E-state index in [1.807, 2.05) is 48.3 Å². The summed E-state index contributed by atoms with van der Waals surface area (Å²) in [5.41, 5.74) is 3.75. The molecular weight excluding hydrogens is 739 g/mol. The van der Waals surface area contributed by atoms with Gasteiger partial charge in [0.15, 0.2) is 0 Å². The summed E-state index contributed by atoms with van der Waals surface area (Å²) in [6.07, 6.45) is 1.25. The Kier molecular flexibility index (Phi) is 14.5. The summed E-state index contributed by atoms with van der Waals surface area (Å²) in [6, 6.07) is 10.6. The lowest BCUT2D eigenvalue weighted by Crippen LogP contribution is -2.62. The number of aliphatic hydroxyl groups is 3. The van der Waals surface area contributed by atoms with Crippen molar-refractivity contribution in [2.45, 2.75) is 97.7 Å². The van der Waals surface area contributed by atoms with Crippen LogP contribution in [0.15, 0.2) is 36.4 Å². The highest BCUT2D eigenvalue weighted by Gasteiger charge is 2.57. The van der Waals surface area contributed by atoms with Crippen molar-refractivity contribution in [1.82, 2.24) is 20.6 Å². The molecule has 2 amide bonds. The van der Waals surface area contributed by atoms with Crippen LogP contribution < -0.4 is 20.3 Å². The molecule has 2 heterocycles. The minimum Gasteiger partial charge on any atom is -0.496 e. The number of methoxy groups -OCH3 is 1. The Morgan fingerprint density at radius 1 is 1.09 bits per heavy atom. The maximum Gasteiger partial charge on any atom is 0.251 e. The zero-order chi connectivity index (χ0) is 41.9. The number of carbonyl (C=O) groups is 2. The monoisotopic (exact) mass is 808 g/mol. The lowest BCUT2D eigenvalue weighted by atomic mass is 9.45. The molecule has 0 aromatic heterocycles. The number of aliphatic hydroxyl groups excluding tert-OH is 3. The Morgan fingerprint density at radius 3 is 2.45 bits per heavy atom. The zero-order valence-corrected chi connectivity index (χ0v) is 35.9. The van der Waals surface area contributed by atoms with Crippen LogP contribution in [0.4, 0.5) is 5.69 Å². The molecule has 3 saturated carbocycles. The predicted octanol–water partition coefficient (Wildman–Crippen LogP) is 3.93. The van der Waals surface area contributed by atoms with Crippen LogP contribution in [-0.4, -0.2) is 134 Å². The number of likely N-dealkylation sites (N-methyl/N-ethyl adjacent to an activating group) is 1. The Bertz CT molecular complexity index is 1720. The normalized spacial score (nSPS) is 28.1. The Labute approximate surface area is 345 Å². The maximum absolute atomic E-state index is 14.3. The number of anilines is 1. The topological polar surface area (TPSA) is 156 Å². The highest BCUT2D eigenvalue weighted by molar-refractivity contribution is 5.97. The van der Waals surface area contributed by atoms with Crippen LogP contribution in [0.2, 0.25) is 0 Å². The second-order valence-electron chi connectivity index (χ2n) is 18.4. The Hall–Kier alpha value is -3.30. The SMILES string of the molecule is COc1c(CN2O[C@@H](CO)[C@@H]([C@H](C)O)[C@H]2C(=O)N[C@H]2C[C@@H]3C[C@@H]([C@@H]2C)C3(C)C)cccc1-c1cc(C(=O)N[C@@H](CC(C)C)CN2CCOCC2)cc(N(C)CCO)c1.